The highest BCUT2D eigenvalue weighted by Gasteiger charge is 2.27. The molecule has 0 aromatic heterocycles. The van der Waals surface area contributed by atoms with Crippen molar-refractivity contribution in [1.29, 1.82) is 0 Å². The highest BCUT2D eigenvalue weighted by molar-refractivity contribution is 6.55. The minimum absolute atomic E-state index is 0.342. The van der Waals surface area contributed by atoms with E-state index in [1.54, 1.807) is 7.11 Å². The molecule has 0 atom stereocenters. The molecule has 0 aliphatic rings. The first-order valence-electron chi connectivity index (χ1n) is 5.00. The maximum atomic E-state index is 5.86. The molecule has 2 nitrogen and oxygen atoms in total. The van der Waals surface area contributed by atoms with E-state index in [9.17, 15) is 0 Å². The summed E-state index contributed by atoms with van der Waals surface area (Å²) in [6, 6.07) is 1.23. The van der Waals surface area contributed by atoms with E-state index in [0.29, 0.717) is 11.6 Å². The van der Waals surface area contributed by atoms with E-state index in [1.807, 2.05) is 0 Å². The van der Waals surface area contributed by atoms with Crippen LogP contribution >= 0.6 is 0 Å². The van der Waals surface area contributed by atoms with Crippen LogP contribution in [0, 0.1) is 0 Å². The molecule has 0 rings (SSSR count). The highest BCUT2D eigenvalue weighted by Crippen LogP contribution is 2.30. The van der Waals surface area contributed by atoms with Gasteiger partial charge in [-0.1, -0.05) is 34.1 Å². The molecule has 0 amide bonds. The molecule has 79 valence electrons. The zero-order valence-corrected chi connectivity index (χ0v) is 10.6. The molecule has 13 heavy (non-hydrogen) atoms. The summed E-state index contributed by atoms with van der Waals surface area (Å²) in [7, 11) is 1.05. The first-order chi connectivity index (χ1) is 6.02. The molecule has 3 heteroatoms. The lowest BCUT2D eigenvalue weighted by Gasteiger charge is -2.27. The van der Waals surface area contributed by atoms with Crippen LogP contribution in [0.3, 0.4) is 0 Å². The summed E-state index contributed by atoms with van der Waals surface area (Å²) in [4.78, 5) is 0. The average molecular weight is 203 g/mol. The number of rotatable bonds is 6. The van der Waals surface area contributed by atoms with E-state index < -0.39 is 9.04 Å². The smallest absolute Gasteiger partial charge is 0.217 e. The molecule has 0 saturated carbocycles. The molecule has 0 aliphatic carbocycles. The Hall–Kier alpha value is 0.137. The minimum atomic E-state index is -0.664. The second-order valence-corrected chi connectivity index (χ2v) is 7.40. The van der Waals surface area contributed by atoms with E-state index in [1.165, 1.54) is 12.5 Å². The third kappa shape index (κ3) is 6.24. The van der Waals surface area contributed by atoms with E-state index >= 15 is 0 Å². The normalized spacial score (nSPS) is 12.5. The molecule has 0 bridgehead atoms. The summed E-state index contributed by atoms with van der Waals surface area (Å²) in [6.45, 7) is 10.5. The van der Waals surface area contributed by atoms with Crippen molar-refractivity contribution < 1.29 is 9.16 Å². The van der Waals surface area contributed by atoms with Gasteiger partial charge in [0.05, 0.1) is 13.2 Å². The summed E-state index contributed by atoms with van der Waals surface area (Å²) in [5, 5.41) is 0.342. The van der Waals surface area contributed by atoms with Gasteiger partial charge in [-0.3, -0.25) is 0 Å². The van der Waals surface area contributed by atoms with Gasteiger partial charge in [0.15, 0.2) is 0 Å². The van der Waals surface area contributed by atoms with Crippen molar-refractivity contribution >= 4 is 9.04 Å². The van der Waals surface area contributed by atoms with Crippen LogP contribution in [0.5, 0.6) is 0 Å². The summed E-state index contributed by atoms with van der Waals surface area (Å²) < 4.78 is 10.8. The van der Waals surface area contributed by atoms with Crippen LogP contribution in [0.15, 0.2) is 0 Å². The number of hydrogen-bond acceptors (Lipinski definition) is 2. The van der Waals surface area contributed by atoms with Gasteiger partial charge in [0.2, 0.25) is 9.04 Å². The van der Waals surface area contributed by atoms with Gasteiger partial charge in [0, 0.05) is 7.11 Å². The molecule has 1 radical (unpaired) electrons. The van der Waals surface area contributed by atoms with Crippen molar-refractivity contribution in [3.05, 3.63) is 0 Å². The molecule has 0 N–H and O–H groups in total. The van der Waals surface area contributed by atoms with Gasteiger partial charge in [-0.15, -0.1) is 0 Å². The summed E-state index contributed by atoms with van der Waals surface area (Å²) in [5.74, 6) is 0. The van der Waals surface area contributed by atoms with Crippen LogP contribution in [0.1, 0.15) is 34.1 Å². The average Bonchev–Trinajstić information content (AvgIpc) is 2.01. The minimum Gasteiger partial charge on any atom is -0.414 e. The Morgan fingerprint density at radius 1 is 1.15 bits per heavy atom. The van der Waals surface area contributed by atoms with Crippen molar-refractivity contribution in [2.75, 3.05) is 20.3 Å². The van der Waals surface area contributed by atoms with Crippen molar-refractivity contribution in [3.63, 3.8) is 0 Å². The Balaban J connectivity index is 3.81. The highest BCUT2D eigenvalue weighted by atomic mass is 28.3. The predicted octanol–water partition coefficient (Wildman–Crippen LogP) is 2.85. The molecule has 0 fully saturated rings. The molecule has 0 aromatic carbocycles. The van der Waals surface area contributed by atoms with Gasteiger partial charge in [-0.25, -0.2) is 0 Å². The Kier molecular flexibility index (Phi) is 6.64. The zero-order valence-electron chi connectivity index (χ0n) is 9.64. The number of methoxy groups -OCH3 is 1. The maximum absolute atomic E-state index is 5.86. The Morgan fingerprint density at radius 2 is 1.77 bits per heavy atom. The van der Waals surface area contributed by atoms with Crippen molar-refractivity contribution in [2.45, 2.75) is 45.2 Å². The zero-order chi connectivity index (χ0) is 10.3. The topological polar surface area (TPSA) is 18.5 Å². The molecule has 0 aliphatic heterocycles. The molecular weight excluding hydrogens is 180 g/mol. The van der Waals surface area contributed by atoms with Gasteiger partial charge in [0.1, 0.15) is 0 Å². The number of ether oxygens (including phenoxy) is 1. The molecule has 0 heterocycles. The van der Waals surface area contributed by atoms with E-state index in [0.717, 1.165) is 6.61 Å². The Morgan fingerprint density at radius 3 is 2.15 bits per heavy atom. The fourth-order valence-corrected chi connectivity index (χ4v) is 3.25. The third-order valence-corrected chi connectivity index (χ3v) is 5.06. The fraction of sp³-hybridized carbons (Fsp3) is 1.00. The van der Waals surface area contributed by atoms with Gasteiger partial charge >= 0.3 is 0 Å². The Bertz CT molecular complexity index is 121. The summed E-state index contributed by atoms with van der Waals surface area (Å²) in [5.41, 5.74) is 0. The molecule has 0 saturated heterocycles. The third-order valence-electron chi connectivity index (χ3n) is 1.88. The molecular formula is C10H23O2Si. The molecule has 0 spiro atoms. The van der Waals surface area contributed by atoms with E-state index in [2.05, 4.69) is 27.7 Å². The monoisotopic (exact) mass is 203 g/mol. The van der Waals surface area contributed by atoms with Crippen molar-refractivity contribution in [3.8, 4) is 0 Å². The fourth-order valence-electron chi connectivity index (χ4n) is 1.14. The standard InChI is InChI=1S/C10H23O2Si/c1-6-9-13(10(2,3)4)12-8-7-11-5/h6-9H2,1-5H3. The van der Waals surface area contributed by atoms with Crippen LogP contribution in [0.4, 0.5) is 0 Å². The van der Waals surface area contributed by atoms with Crippen LogP contribution in [0.25, 0.3) is 0 Å². The van der Waals surface area contributed by atoms with Crippen molar-refractivity contribution in [1.82, 2.24) is 0 Å². The largest absolute Gasteiger partial charge is 0.414 e. The quantitative estimate of drug-likeness (QED) is 0.488. The Labute approximate surface area is 84.4 Å². The first-order valence-corrected chi connectivity index (χ1v) is 6.62. The number of hydrogen-bond donors (Lipinski definition) is 0. The first kappa shape index (κ1) is 13.1. The van der Waals surface area contributed by atoms with E-state index in [-0.39, 0.29) is 0 Å². The summed E-state index contributed by atoms with van der Waals surface area (Å²) in [6.07, 6.45) is 1.22. The second kappa shape index (κ2) is 6.57. The lowest BCUT2D eigenvalue weighted by molar-refractivity contribution is 0.142. The van der Waals surface area contributed by atoms with Crippen LogP contribution in [-0.2, 0) is 9.16 Å². The predicted molar refractivity (Wildman–Crippen MR) is 58.4 cm³/mol. The van der Waals surface area contributed by atoms with Crippen LogP contribution in [0.2, 0.25) is 11.1 Å². The SMILES string of the molecule is CCC[Si](OCCOC)C(C)(C)C. The van der Waals surface area contributed by atoms with Crippen LogP contribution in [-0.4, -0.2) is 29.4 Å². The van der Waals surface area contributed by atoms with Gasteiger partial charge < -0.3 is 9.16 Å². The summed E-state index contributed by atoms with van der Waals surface area (Å²) >= 11 is 0. The van der Waals surface area contributed by atoms with Gasteiger partial charge in [-0.2, -0.15) is 0 Å². The van der Waals surface area contributed by atoms with Crippen molar-refractivity contribution in [2.24, 2.45) is 0 Å². The van der Waals surface area contributed by atoms with E-state index in [4.69, 9.17) is 9.16 Å². The van der Waals surface area contributed by atoms with Gasteiger partial charge in [-0.05, 0) is 11.1 Å². The van der Waals surface area contributed by atoms with Crippen LogP contribution < -0.4 is 0 Å². The van der Waals surface area contributed by atoms with Gasteiger partial charge in [0.25, 0.3) is 0 Å². The lowest BCUT2D eigenvalue weighted by Crippen LogP contribution is -2.30. The second-order valence-electron chi connectivity index (χ2n) is 4.26. The lowest BCUT2D eigenvalue weighted by atomic mass is 10.2. The molecule has 0 aromatic rings. The maximum Gasteiger partial charge on any atom is 0.217 e. The molecule has 0 unspecified atom stereocenters.